The SMILES string of the molecule is O=C(c1ccnnc1)N1CCN(c2c(Cl)cccc2Cl)CC1. The van der Waals surface area contributed by atoms with Crippen LogP contribution in [0.25, 0.3) is 0 Å². The molecule has 2 heterocycles. The third-order valence-electron chi connectivity index (χ3n) is 3.65. The smallest absolute Gasteiger partial charge is 0.255 e. The summed E-state index contributed by atoms with van der Waals surface area (Å²) in [5.74, 6) is -0.0280. The van der Waals surface area contributed by atoms with E-state index in [0.717, 1.165) is 5.69 Å². The molecule has 7 heteroatoms. The Labute approximate surface area is 138 Å². The fourth-order valence-corrected chi connectivity index (χ4v) is 3.16. The van der Waals surface area contributed by atoms with Crippen LogP contribution in [0.5, 0.6) is 0 Å². The first kappa shape index (κ1) is 15.1. The van der Waals surface area contributed by atoms with Gasteiger partial charge in [-0.15, -0.1) is 0 Å². The number of carbonyl (C=O) groups excluding carboxylic acids is 1. The number of benzene rings is 1. The van der Waals surface area contributed by atoms with Gasteiger partial charge in [-0.2, -0.15) is 10.2 Å². The predicted molar refractivity (Wildman–Crippen MR) is 86.6 cm³/mol. The van der Waals surface area contributed by atoms with Crippen molar-refractivity contribution in [3.05, 3.63) is 52.3 Å². The summed E-state index contributed by atoms with van der Waals surface area (Å²) in [7, 11) is 0. The van der Waals surface area contributed by atoms with Crippen LogP contribution in [0.2, 0.25) is 10.0 Å². The Morgan fingerprint density at radius 2 is 1.68 bits per heavy atom. The van der Waals surface area contributed by atoms with Crippen LogP contribution in [-0.2, 0) is 0 Å². The number of anilines is 1. The molecule has 1 amide bonds. The highest BCUT2D eigenvalue weighted by Crippen LogP contribution is 2.34. The van der Waals surface area contributed by atoms with Gasteiger partial charge in [0.05, 0.1) is 33.7 Å². The molecule has 1 aliphatic heterocycles. The van der Waals surface area contributed by atoms with E-state index in [9.17, 15) is 4.79 Å². The van der Waals surface area contributed by atoms with Crippen LogP contribution < -0.4 is 4.90 Å². The van der Waals surface area contributed by atoms with E-state index < -0.39 is 0 Å². The van der Waals surface area contributed by atoms with Gasteiger partial charge in [0.2, 0.25) is 0 Å². The van der Waals surface area contributed by atoms with Crippen LogP contribution in [-0.4, -0.2) is 47.2 Å². The average molecular weight is 337 g/mol. The van der Waals surface area contributed by atoms with Crippen molar-refractivity contribution in [3.8, 4) is 0 Å². The molecule has 0 aliphatic carbocycles. The van der Waals surface area contributed by atoms with Crippen molar-refractivity contribution in [1.82, 2.24) is 15.1 Å². The van der Waals surface area contributed by atoms with Gasteiger partial charge in [-0.3, -0.25) is 4.79 Å². The summed E-state index contributed by atoms with van der Waals surface area (Å²) in [6, 6.07) is 7.14. The lowest BCUT2D eigenvalue weighted by Crippen LogP contribution is -2.49. The molecule has 114 valence electrons. The molecule has 3 rings (SSSR count). The molecule has 5 nitrogen and oxygen atoms in total. The highest BCUT2D eigenvalue weighted by molar-refractivity contribution is 6.39. The first-order chi connectivity index (χ1) is 10.7. The van der Waals surface area contributed by atoms with Crippen molar-refractivity contribution in [2.45, 2.75) is 0 Å². The van der Waals surface area contributed by atoms with Crippen LogP contribution in [0, 0.1) is 0 Å². The zero-order valence-electron chi connectivity index (χ0n) is 11.7. The molecule has 0 atom stereocenters. The molecule has 1 aliphatic rings. The van der Waals surface area contributed by atoms with Crippen molar-refractivity contribution >= 4 is 34.8 Å². The largest absolute Gasteiger partial charge is 0.366 e. The van der Waals surface area contributed by atoms with Gasteiger partial charge < -0.3 is 9.80 Å². The van der Waals surface area contributed by atoms with Gasteiger partial charge in [0.1, 0.15) is 0 Å². The van der Waals surface area contributed by atoms with Gasteiger partial charge >= 0.3 is 0 Å². The maximum Gasteiger partial charge on any atom is 0.255 e. The summed E-state index contributed by atoms with van der Waals surface area (Å²) in [6.45, 7) is 2.60. The van der Waals surface area contributed by atoms with E-state index in [4.69, 9.17) is 23.2 Å². The number of halogens is 2. The van der Waals surface area contributed by atoms with Crippen molar-refractivity contribution in [3.63, 3.8) is 0 Å². The van der Waals surface area contributed by atoms with E-state index in [1.165, 1.54) is 12.4 Å². The van der Waals surface area contributed by atoms with Crippen LogP contribution in [0.3, 0.4) is 0 Å². The number of carbonyl (C=O) groups is 1. The number of para-hydroxylation sites is 1. The first-order valence-electron chi connectivity index (χ1n) is 6.92. The van der Waals surface area contributed by atoms with E-state index in [1.807, 2.05) is 18.2 Å². The van der Waals surface area contributed by atoms with E-state index in [0.29, 0.717) is 41.8 Å². The Bertz CT molecular complexity index is 652. The zero-order valence-corrected chi connectivity index (χ0v) is 13.3. The Morgan fingerprint density at radius 1 is 1.00 bits per heavy atom. The Balaban J connectivity index is 1.69. The number of hydrogen-bond donors (Lipinski definition) is 0. The third kappa shape index (κ3) is 3.00. The molecule has 1 aromatic heterocycles. The van der Waals surface area contributed by atoms with Crippen molar-refractivity contribution in [2.24, 2.45) is 0 Å². The van der Waals surface area contributed by atoms with Gasteiger partial charge in [-0.05, 0) is 18.2 Å². The summed E-state index contributed by atoms with van der Waals surface area (Å²) in [4.78, 5) is 16.3. The van der Waals surface area contributed by atoms with Crippen molar-refractivity contribution in [2.75, 3.05) is 31.1 Å². The zero-order chi connectivity index (χ0) is 15.5. The lowest BCUT2D eigenvalue weighted by atomic mass is 10.2. The van der Waals surface area contributed by atoms with Crippen molar-refractivity contribution < 1.29 is 4.79 Å². The number of amides is 1. The summed E-state index contributed by atoms with van der Waals surface area (Å²) >= 11 is 12.5. The first-order valence-corrected chi connectivity index (χ1v) is 7.67. The second-order valence-corrected chi connectivity index (χ2v) is 5.80. The molecule has 0 radical (unpaired) electrons. The number of aromatic nitrogens is 2. The number of rotatable bonds is 2. The van der Waals surface area contributed by atoms with E-state index in [2.05, 4.69) is 15.1 Å². The summed E-state index contributed by atoms with van der Waals surface area (Å²) in [5, 5.41) is 8.69. The fraction of sp³-hybridized carbons (Fsp3) is 0.267. The number of hydrogen-bond acceptors (Lipinski definition) is 4. The van der Waals surface area contributed by atoms with Crippen LogP contribution in [0.4, 0.5) is 5.69 Å². The average Bonchev–Trinajstić information content (AvgIpc) is 2.55. The number of piperazine rings is 1. The molecule has 0 saturated carbocycles. The second kappa shape index (κ2) is 6.50. The van der Waals surface area contributed by atoms with Gasteiger partial charge in [0.15, 0.2) is 0 Å². The fourth-order valence-electron chi connectivity index (χ4n) is 2.52. The molecule has 1 saturated heterocycles. The number of nitrogens with zero attached hydrogens (tertiary/aromatic N) is 4. The van der Waals surface area contributed by atoms with E-state index in [-0.39, 0.29) is 5.91 Å². The summed E-state index contributed by atoms with van der Waals surface area (Å²) in [6.07, 6.45) is 3.01. The molecule has 22 heavy (non-hydrogen) atoms. The van der Waals surface area contributed by atoms with E-state index in [1.54, 1.807) is 11.0 Å². The van der Waals surface area contributed by atoms with Gasteiger partial charge in [0, 0.05) is 26.2 Å². The molecule has 1 aromatic carbocycles. The molecule has 1 fully saturated rings. The molecular formula is C15H14Cl2N4O. The predicted octanol–water partition coefficient (Wildman–Crippen LogP) is 2.75. The standard InChI is InChI=1S/C15H14Cl2N4O/c16-12-2-1-3-13(17)14(12)20-6-8-21(9-7-20)15(22)11-4-5-18-19-10-11/h1-5,10H,6-9H2. The Hall–Kier alpha value is -1.85. The van der Waals surface area contributed by atoms with Crippen LogP contribution in [0.1, 0.15) is 10.4 Å². The summed E-state index contributed by atoms with van der Waals surface area (Å²) in [5.41, 5.74) is 1.39. The highest BCUT2D eigenvalue weighted by atomic mass is 35.5. The van der Waals surface area contributed by atoms with E-state index >= 15 is 0 Å². The van der Waals surface area contributed by atoms with Crippen molar-refractivity contribution in [1.29, 1.82) is 0 Å². The molecule has 0 unspecified atom stereocenters. The maximum absolute atomic E-state index is 12.4. The highest BCUT2D eigenvalue weighted by Gasteiger charge is 2.24. The molecule has 0 bridgehead atoms. The topological polar surface area (TPSA) is 49.3 Å². The Kier molecular flexibility index (Phi) is 4.45. The molecular weight excluding hydrogens is 323 g/mol. The molecule has 0 spiro atoms. The van der Waals surface area contributed by atoms with Gasteiger partial charge in [0.25, 0.3) is 5.91 Å². The van der Waals surface area contributed by atoms with Gasteiger partial charge in [-0.1, -0.05) is 29.3 Å². The minimum Gasteiger partial charge on any atom is -0.366 e. The van der Waals surface area contributed by atoms with Crippen LogP contribution >= 0.6 is 23.2 Å². The molecule has 2 aromatic rings. The second-order valence-electron chi connectivity index (χ2n) is 4.98. The normalized spacial score (nSPS) is 15.0. The monoisotopic (exact) mass is 336 g/mol. The maximum atomic E-state index is 12.4. The Morgan fingerprint density at radius 3 is 2.27 bits per heavy atom. The lowest BCUT2D eigenvalue weighted by Gasteiger charge is -2.36. The molecule has 0 N–H and O–H groups in total. The minimum atomic E-state index is -0.0280. The summed E-state index contributed by atoms with van der Waals surface area (Å²) < 4.78 is 0. The van der Waals surface area contributed by atoms with Crippen LogP contribution in [0.15, 0.2) is 36.7 Å². The van der Waals surface area contributed by atoms with Gasteiger partial charge in [-0.25, -0.2) is 0 Å². The third-order valence-corrected chi connectivity index (χ3v) is 4.26. The lowest BCUT2D eigenvalue weighted by molar-refractivity contribution is 0.0746. The minimum absolute atomic E-state index is 0.0280. The quantitative estimate of drug-likeness (QED) is 0.846.